The Labute approximate surface area is 155 Å². The monoisotopic (exact) mass is 368 g/mol. The minimum absolute atomic E-state index is 0.225. The quantitative estimate of drug-likeness (QED) is 0.735. The number of ether oxygens (including phenoxy) is 1. The van der Waals surface area contributed by atoms with Crippen LogP contribution in [0.15, 0.2) is 47.4 Å². The van der Waals surface area contributed by atoms with Crippen molar-refractivity contribution in [3.63, 3.8) is 0 Å². The van der Waals surface area contributed by atoms with Crippen molar-refractivity contribution >= 4 is 17.3 Å². The van der Waals surface area contributed by atoms with E-state index in [1.165, 1.54) is 0 Å². The average molecular weight is 368 g/mol. The zero-order chi connectivity index (χ0) is 18.7. The number of carbonyl (C=O) groups excluding carboxylic acids is 1. The maximum atomic E-state index is 12.8. The molecule has 1 fully saturated rings. The van der Waals surface area contributed by atoms with Gasteiger partial charge in [-0.05, 0) is 49.7 Å². The van der Waals surface area contributed by atoms with E-state index in [9.17, 15) is 9.00 Å². The van der Waals surface area contributed by atoms with Crippen LogP contribution in [0.3, 0.4) is 0 Å². The SMILES string of the molecule is Cc1ccc(S(=O)N2CC(C=O)(COc3ccc(C#N)cc3)C2)c(C)c1. The first-order valence-electron chi connectivity index (χ1n) is 8.30. The van der Waals surface area contributed by atoms with Gasteiger partial charge in [0, 0.05) is 13.1 Å². The summed E-state index contributed by atoms with van der Waals surface area (Å²) in [5.41, 5.74) is 2.02. The van der Waals surface area contributed by atoms with E-state index >= 15 is 0 Å². The third-order valence-electron chi connectivity index (χ3n) is 4.50. The molecule has 1 aliphatic heterocycles. The Bertz CT molecular complexity index is 881. The summed E-state index contributed by atoms with van der Waals surface area (Å²) >= 11 is 0. The van der Waals surface area contributed by atoms with E-state index in [1.54, 1.807) is 28.6 Å². The number of hydrogen-bond acceptors (Lipinski definition) is 4. The molecule has 0 radical (unpaired) electrons. The molecule has 1 heterocycles. The summed E-state index contributed by atoms with van der Waals surface area (Å²) in [5, 5.41) is 8.81. The highest BCUT2D eigenvalue weighted by molar-refractivity contribution is 7.82. The minimum atomic E-state index is -1.28. The van der Waals surface area contributed by atoms with Gasteiger partial charge in [-0.2, -0.15) is 5.26 Å². The molecule has 5 nitrogen and oxygen atoms in total. The van der Waals surface area contributed by atoms with Gasteiger partial charge in [0.15, 0.2) is 0 Å². The van der Waals surface area contributed by atoms with Gasteiger partial charge in [-0.25, -0.2) is 8.51 Å². The molecule has 1 unspecified atom stereocenters. The molecule has 26 heavy (non-hydrogen) atoms. The van der Waals surface area contributed by atoms with Crippen molar-refractivity contribution in [2.75, 3.05) is 19.7 Å². The molecule has 1 saturated heterocycles. The Kier molecular flexibility index (Phi) is 5.21. The van der Waals surface area contributed by atoms with E-state index in [4.69, 9.17) is 10.00 Å². The molecule has 134 valence electrons. The predicted molar refractivity (Wildman–Crippen MR) is 99.0 cm³/mol. The molecule has 6 heteroatoms. The summed E-state index contributed by atoms with van der Waals surface area (Å²) in [6.07, 6.45) is 0.895. The lowest BCUT2D eigenvalue weighted by Gasteiger charge is -2.45. The van der Waals surface area contributed by atoms with E-state index in [0.717, 1.165) is 22.3 Å². The molecule has 0 spiro atoms. The van der Waals surface area contributed by atoms with Crippen LogP contribution in [0.5, 0.6) is 5.75 Å². The summed E-state index contributed by atoms with van der Waals surface area (Å²) in [6, 6.07) is 14.6. The van der Waals surface area contributed by atoms with Crippen LogP contribution in [-0.4, -0.2) is 34.5 Å². The van der Waals surface area contributed by atoms with Gasteiger partial charge in [0.2, 0.25) is 0 Å². The first-order chi connectivity index (χ1) is 12.5. The Hall–Kier alpha value is -2.49. The summed E-state index contributed by atoms with van der Waals surface area (Å²) in [7, 11) is -1.28. The van der Waals surface area contributed by atoms with Crippen molar-refractivity contribution in [3.8, 4) is 11.8 Å². The Morgan fingerprint density at radius 2 is 1.92 bits per heavy atom. The maximum absolute atomic E-state index is 12.8. The second kappa shape index (κ2) is 7.40. The highest BCUT2D eigenvalue weighted by atomic mass is 32.2. The van der Waals surface area contributed by atoms with Crippen molar-refractivity contribution in [3.05, 3.63) is 59.2 Å². The molecule has 0 amide bonds. The standard InChI is InChI=1S/C20H20N2O3S/c1-15-3-8-19(16(2)9-15)26(24)22-11-20(12-22,13-23)14-25-18-6-4-17(10-21)5-7-18/h3-9,13H,11-12,14H2,1-2H3. The van der Waals surface area contributed by atoms with Gasteiger partial charge >= 0.3 is 0 Å². The Morgan fingerprint density at radius 3 is 2.50 bits per heavy atom. The number of nitriles is 1. The Balaban J connectivity index is 1.62. The van der Waals surface area contributed by atoms with E-state index < -0.39 is 16.4 Å². The van der Waals surface area contributed by atoms with Crippen LogP contribution in [0.25, 0.3) is 0 Å². The molecule has 0 N–H and O–H groups in total. The summed E-state index contributed by atoms with van der Waals surface area (Å²) in [5.74, 6) is 0.610. The highest BCUT2D eigenvalue weighted by Gasteiger charge is 2.46. The second-order valence-corrected chi connectivity index (χ2v) is 8.18. The normalized spacial score (nSPS) is 17.0. The average Bonchev–Trinajstić information content (AvgIpc) is 2.61. The number of hydrogen-bond donors (Lipinski definition) is 0. The summed E-state index contributed by atoms with van der Waals surface area (Å²) in [6.45, 7) is 4.96. The molecule has 2 aromatic carbocycles. The van der Waals surface area contributed by atoms with E-state index in [1.807, 2.05) is 38.1 Å². The molecular weight excluding hydrogens is 348 g/mol. The summed E-state index contributed by atoms with van der Waals surface area (Å²) in [4.78, 5) is 12.4. The number of rotatable bonds is 6. The van der Waals surface area contributed by atoms with Crippen molar-refractivity contribution in [1.29, 1.82) is 5.26 Å². The number of benzene rings is 2. The molecule has 0 bridgehead atoms. The molecule has 1 atom stereocenters. The molecule has 0 aromatic heterocycles. The fourth-order valence-electron chi connectivity index (χ4n) is 2.96. The van der Waals surface area contributed by atoms with Crippen LogP contribution in [0, 0.1) is 30.6 Å². The number of nitrogens with zero attached hydrogens (tertiary/aromatic N) is 2. The van der Waals surface area contributed by atoms with Crippen LogP contribution in [-0.2, 0) is 15.8 Å². The van der Waals surface area contributed by atoms with Crippen molar-refractivity contribution in [1.82, 2.24) is 4.31 Å². The molecule has 0 aliphatic carbocycles. The zero-order valence-electron chi connectivity index (χ0n) is 14.8. The molecular formula is C20H20N2O3S. The van der Waals surface area contributed by atoms with Gasteiger partial charge in [-0.15, -0.1) is 0 Å². The number of aldehydes is 1. The van der Waals surface area contributed by atoms with Crippen LogP contribution in [0.4, 0.5) is 0 Å². The second-order valence-electron chi connectivity index (χ2n) is 6.72. The Morgan fingerprint density at radius 1 is 1.23 bits per heavy atom. The van der Waals surface area contributed by atoms with Gasteiger partial charge in [-0.1, -0.05) is 17.7 Å². The largest absolute Gasteiger partial charge is 0.492 e. The molecule has 3 rings (SSSR count). The smallest absolute Gasteiger partial charge is 0.132 e. The zero-order valence-corrected chi connectivity index (χ0v) is 15.6. The number of aryl methyl sites for hydroxylation is 2. The van der Waals surface area contributed by atoms with Gasteiger partial charge in [-0.3, -0.25) is 0 Å². The lowest BCUT2D eigenvalue weighted by molar-refractivity contribution is -0.124. The van der Waals surface area contributed by atoms with Crippen LogP contribution in [0.1, 0.15) is 16.7 Å². The van der Waals surface area contributed by atoms with E-state index in [0.29, 0.717) is 24.4 Å². The fourth-order valence-corrected chi connectivity index (χ4v) is 4.51. The highest BCUT2D eigenvalue weighted by Crippen LogP contribution is 2.33. The van der Waals surface area contributed by atoms with Crippen molar-refractivity contribution in [2.24, 2.45) is 5.41 Å². The fraction of sp³-hybridized carbons (Fsp3) is 0.300. The van der Waals surface area contributed by atoms with Crippen molar-refractivity contribution < 1.29 is 13.7 Å². The lowest BCUT2D eigenvalue weighted by atomic mass is 9.84. The van der Waals surface area contributed by atoms with Crippen LogP contribution >= 0.6 is 0 Å². The lowest BCUT2D eigenvalue weighted by Crippen LogP contribution is -2.60. The van der Waals surface area contributed by atoms with Gasteiger partial charge in [0.05, 0.1) is 21.9 Å². The number of carbonyl (C=O) groups is 1. The maximum Gasteiger partial charge on any atom is 0.132 e. The van der Waals surface area contributed by atoms with E-state index in [-0.39, 0.29) is 6.61 Å². The van der Waals surface area contributed by atoms with Crippen LogP contribution in [0.2, 0.25) is 0 Å². The van der Waals surface area contributed by atoms with Gasteiger partial charge in [0.25, 0.3) is 0 Å². The van der Waals surface area contributed by atoms with Gasteiger partial charge < -0.3 is 9.53 Å². The van der Waals surface area contributed by atoms with Crippen molar-refractivity contribution in [2.45, 2.75) is 18.7 Å². The third-order valence-corrected chi connectivity index (χ3v) is 6.06. The van der Waals surface area contributed by atoms with E-state index in [2.05, 4.69) is 0 Å². The molecule has 0 saturated carbocycles. The predicted octanol–water partition coefficient (Wildman–Crippen LogP) is 2.78. The van der Waals surface area contributed by atoms with Crippen LogP contribution < -0.4 is 4.74 Å². The first kappa shape index (κ1) is 18.3. The van der Waals surface area contributed by atoms with Gasteiger partial charge in [0.1, 0.15) is 29.6 Å². The first-order valence-corrected chi connectivity index (χ1v) is 9.40. The minimum Gasteiger partial charge on any atom is -0.492 e. The third kappa shape index (κ3) is 3.69. The summed E-state index contributed by atoms with van der Waals surface area (Å²) < 4.78 is 20.3. The molecule has 1 aliphatic rings. The topological polar surface area (TPSA) is 70.4 Å². The molecule has 2 aromatic rings.